The maximum absolute atomic E-state index is 12.0. The molecule has 4 nitrogen and oxygen atoms in total. The summed E-state index contributed by atoms with van der Waals surface area (Å²) in [5.41, 5.74) is 1.19. The van der Waals surface area contributed by atoms with Gasteiger partial charge in [0.15, 0.2) is 0 Å². The van der Waals surface area contributed by atoms with Gasteiger partial charge in [0.05, 0.1) is 13.5 Å². The van der Waals surface area contributed by atoms with Crippen LogP contribution in [-0.4, -0.2) is 25.0 Å². The topological polar surface area (TPSA) is 55.4 Å². The molecule has 1 atom stereocenters. The number of ether oxygens (including phenoxy) is 1. The fourth-order valence-electron chi connectivity index (χ4n) is 2.20. The fraction of sp³-hybridized carbons (Fsp3) is 0.529. The molecule has 0 aliphatic carbocycles. The Morgan fingerprint density at radius 3 is 2.50 bits per heavy atom. The number of hydrogen-bond acceptors (Lipinski definition) is 3. The highest BCUT2D eigenvalue weighted by Crippen LogP contribution is 2.14. The van der Waals surface area contributed by atoms with Gasteiger partial charge in [-0.25, -0.2) is 0 Å². The number of carbonyl (C=O) groups excluding carboxylic acids is 2. The maximum Gasteiger partial charge on any atom is 0.306 e. The minimum absolute atomic E-state index is 0.0939. The van der Waals surface area contributed by atoms with Crippen LogP contribution < -0.4 is 5.32 Å². The number of benzene rings is 1. The molecule has 0 unspecified atom stereocenters. The van der Waals surface area contributed by atoms with Gasteiger partial charge in [-0.15, -0.1) is 0 Å². The lowest BCUT2D eigenvalue weighted by Crippen LogP contribution is -2.36. The van der Waals surface area contributed by atoms with Crippen molar-refractivity contribution in [2.24, 2.45) is 0 Å². The number of carbonyl (C=O) groups is 2. The van der Waals surface area contributed by atoms with Gasteiger partial charge >= 0.3 is 5.97 Å². The molecule has 1 aromatic carbocycles. The van der Waals surface area contributed by atoms with Gasteiger partial charge in [0.25, 0.3) is 0 Å². The molecule has 0 fully saturated rings. The molecule has 0 heterocycles. The molecule has 22 heavy (non-hydrogen) atoms. The molecule has 0 saturated carbocycles. The summed E-state index contributed by atoms with van der Waals surface area (Å²) < 4.78 is 5.60. The van der Waals surface area contributed by atoms with Crippen LogP contribution in [0.1, 0.15) is 44.6 Å². The molecule has 0 aliphatic heterocycles. The Labute approximate surface area is 140 Å². The molecule has 5 heteroatoms. The summed E-state index contributed by atoms with van der Waals surface area (Å²) in [6, 6.07) is 8.23. The zero-order chi connectivity index (χ0) is 16.4. The third-order valence-corrected chi connectivity index (χ3v) is 3.98. The Morgan fingerprint density at radius 1 is 1.23 bits per heavy atom. The van der Waals surface area contributed by atoms with Gasteiger partial charge in [-0.1, -0.05) is 47.8 Å². The predicted octanol–water partition coefficient (Wildman–Crippen LogP) is 3.62. The molecule has 0 spiro atoms. The number of methoxy groups -OCH3 is 1. The second-order valence-electron chi connectivity index (χ2n) is 5.31. The molecule has 0 aliphatic rings. The van der Waals surface area contributed by atoms with Crippen LogP contribution in [0.5, 0.6) is 0 Å². The molecular formula is C17H24BrNO3. The number of hydrogen-bond donors (Lipinski definition) is 1. The predicted molar refractivity (Wildman–Crippen MR) is 90.6 cm³/mol. The van der Waals surface area contributed by atoms with Gasteiger partial charge in [0, 0.05) is 16.9 Å². The average molecular weight is 370 g/mol. The molecule has 122 valence electrons. The Hall–Kier alpha value is -1.36. The summed E-state index contributed by atoms with van der Waals surface area (Å²) >= 11 is 3.42. The van der Waals surface area contributed by atoms with Crippen LogP contribution in [0.2, 0.25) is 0 Å². The van der Waals surface area contributed by atoms with E-state index in [1.54, 1.807) is 0 Å². The monoisotopic (exact) mass is 369 g/mol. The maximum atomic E-state index is 12.0. The highest BCUT2D eigenvalue weighted by Gasteiger charge is 2.14. The van der Waals surface area contributed by atoms with Crippen molar-refractivity contribution in [2.45, 2.75) is 51.5 Å². The quantitative estimate of drug-likeness (QED) is 0.676. The van der Waals surface area contributed by atoms with Crippen molar-refractivity contribution in [1.82, 2.24) is 5.32 Å². The Balaban J connectivity index is 2.54. The number of nitrogens with one attached hydrogen (secondary N) is 1. The van der Waals surface area contributed by atoms with Crippen molar-refractivity contribution in [2.75, 3.05) is 7.11 Å². The summed E-state index contributed by atoms with van der Waals surface area (Å²) in [5, 5.41) is 3.04. The van der Waals surface area contributed by atoms with E-state index in [2.05, 4.69) is 45.0 Å². The lowest BCUT2D eigenvalue weighted by atomic mass is 10.0. The highest BCUT2D eigenvalue weighted by molar-refractivity contribution is 9.10. The molecule has 0 saturated heterocycles. The normalized spacial score (nSPS) is 11.8. The van der Waals surface area contributed by atoms with Crippen LogP contribution in [0, 0.1) is 0 Å². The number of rotatable bonds is 9. The molecule has 0 bridgehead atoms. The van der Waals surface area contributed by atoms with Crippen LogP contribution in [0.4, 0.5) is 0 Å². The Kier molecular flexibility index (Phi) is 8.82. The highest BCUT2D eigenvalue weighted by atomic mass is 79.9. The van der Waals surface area contributed by atoms with Gasteiger partial charge in [-0.05, 0) is 30.5 Å². The lowest BCUT2D eigenvalue weighted by molar-refractivity contribution is -0.142. The van der Waals surface area contributed by atoms with E-state index < -0.39 is 0 Å². The molecular weight excluding hydrogens is 346 g/mol. The third-order valence-electron chi connectivity index (χ3n) is 3.45. The zero-order valence-corrected chi connectivity index (χ0v) is 14.8. The number of unbranched alkanes of at least 4 members (excludes halogenated alkanes) is 1. The summed E-state index contributed by atoms with van der Waals surface area (Å²) in [4.78, 5) is 23.0. The standard InChI is InChI=1S/C17H24BrNO3/c1-3-4-5-15(12-13-6-8-14(18)9-7-13)19-16(20)10-11-17(21)22-2/h6-9,15H,3-5,10-12H2,1-2H3,(H,19,20)/t15-/m1/s1. The van der Waals surface area contributed by atoms with Crippen LogP contribution >= 0.6 is 15.9 Å². The first-order valence-corrected chi connectivity index (χ1v) is 8.45. The number of amides is 1. The van der Waals surface area contributed by atoms with E-state index in [1.807, 2.05) is 12.1 Å². The fourth-order valence-corrected chi connectivity index (χ4v) is 2.46. The van der Waals surface area contributed by atoms with Crippen molar-refractivity contribution in [1.29, 1.82) is 0 Å². The first-order valence-electron chi connectivity index (χ1n) is 7.65. The molecule has 1 rings (SSSR count). The van der Waals surface area contributed by atoms with Crippen molar-refractivity contribution in [3.8, 4) is 0 Å². The van der Waals surface area contributed by atoms with E-state index in [-0.39, 0.29) is 30.8 Å². The first-order chi connectivity index (χ1) is 10.5. The van der Waals surface area contributed by atoms with Gasteiger partial charge in [-0.3, -0.25) is 9.59 Å². The van der Waals surface area contributed by atoms with Crippen molar-refractivity contribution < 1.29 is 14.3 Å². The SMILES string of the molecule is CCCC[C@H](Cc1ccc(Br)cc1)NC(=O)CCC(=O)OC. The summed E-state index contributed by atoms with van der Waals surface area (Å²) in [5.74, 6) is -0.447. The molecule has 1 N–H and O–H groups in total. The van der Waals surface area contributed by atoms with E-state index in [0.717, 1.165) is 30.2 Å². The minimum atomic E-state index is -0.354. The Morgan fingerprint density at radius 2 is 1.91 bits per heavy atom. The van der Waals surface area contributed by atoms with Gasteiger partial charge in [-0.2, -0.15) is 0 Å². The zero-order valence-electron chi connectivity index (χ0n) is 13.2. The van der Waals surface area contributed by atoms with Crippen molar-refractivity contribution in [3.63, 3.8) is 0 Å². The van der Waals surface area contributed by atoms with E-state index in [4.69, 9.17) is 0 Å². The molecule has 0 aromatic heterocycles. The second-order valence-corrected chi connectivity index (χ2v) is 6.23. The third kappa shape index (κ3) is 7.59. The van der Waals surface area contributed by atoms with Crippen LogP contribution in [0.15, 0.2) is 28.7 Å². The van der Waals surface area contributed by atoms with Gasteiger partial charge < -0.3 is 10.1 Å². The summed E-state index contributed by atoms with van der Waals surface area (Å²) in [7, 11) is 1.33. The Bertz CT molecular complexity index is 473. The van der Waals surface area contributed by atoms with E-state index in [0.29, 0.717) is 0 Å². The number of esters is 1. The lowest BCUT2D eigenvalue weighted by Gasteiger charge is -2.19. The van der Waals surface area contributed by atoms with Gasteiger partial charge in [0.1, 0.15) is 0 Å². The van der Waals surface area contributed by atoms with Crippen LogP contribution in [0.25, 0.3) is 0 Å². The van der Waals surface area contributed by atoms with Crippen molar-refractivity contribution >= 4 is 27.8 Å². The van der Waals surface area contributed by atoms with E-state index in [9.17, 15) is 9.59 Å². The molecule has 0 radical (unpaired) electrons. The summed E-state index contributed by atoms with van der Waals surface area (Å²) in [6.07, 6.45) is 4.21. The number of halogens is 1. The second kappa shape index (κ2) is 10.4. The summed E-state index contributed by atoms with van der Waals surface area (Å²) in [6.45, 7) is 2.13. The largest absolute Gasteiger partial charge is 0.469 e. The van der Waals surface area contributed by atoms with E-state index >= 15 is 0 Å². The smallest absolute Gasteiger partial charge is 0.306 e. The van der Waals surface area contributed by atoms with E-state index in [1.165, 1.54) is 12.7 Å². The molecule has 1 aromatic rings. The van der Waals surface area contributed by atoms with Crippen LogP contribution in [0.3, 0.4) is 0 Å². The minimum Gasteiger partial charge on any atom is -0.469 e. The van der Waals surface area contributed by atoms with Crippen molar-refractivity contribution in [3.05, 3.63) is 34.3 Å². The van der Waals surface area contributed by atoms with Crippen LogP contribution in [-0.2, 0) is 20.7 Å². The molecule has 1 amide bonds. The first kappa shape index (κ1) is 18.7. The average Bonchev–Trinajstić information content (AvgIpc) is 2.52. The van der Waals surface area contributed by atoms with Gasteiger partial charge in [0.2, 0.25) is 5.91 Å².